The number of rotatable bonds is 5. The summed E-state index contributed by atoms with van der Waals surface area (Å²) in [4.78, 5) is 62.6. The summed E-state index contributed by atoms with van der Waals surface area (Å²) in [6, 6.07) is 3.61. The standard InChI is InChI=1S/C19H21N3O6/c1-11-7-8-12(18(26)28-2)9-14(11)20-15(23)10-21-16(24)17(25)22(19(21)27)13-5-3-4-6-13/h7-9,13H,3-6,10H2,1-2H3,(H,20,23). The van der Waals surface area contributed by atoms with Crippen molar-refractivity contribution in [2.45, 2.75) is 38.6 Å². The van der Waals surface area contributed by atoms with Crippen LogP contribution in [0.4, 0.5) is 10.5 Å². The largest absolute Gasteiger partial charge is 0.465 e. The van der Waals surface area contributed by atoms with E-state index < -0.39 is 36.3 Å². The smallest absolute Gasteiger partial charge is 0.337 e. The van der Waals surface area contributed by atoms with Gasteiger partial charge in [0.15, 0.2) is 0 Å². The number of amides is 5. The van der Waals surface area contributed by atoms with Crippen LogP contribution in [0, 0.1) is 6.92 Å². The first-order valence-electron chi connectivity index (χ1n) is 9.01. The molecule has 0 unspecified atom stereocenters. The average Bonchev–Trinajstić information content (AvgIpc) is 3.26. The van der Waals surface area contributed by atoms with Gasteiger partial charge in [-0.05, 0) is 37.5 Å². The number of ether oxygens (including phenoxy) is 1. The molecular weight excluding hydrogens is 366 g/mol. The summed E-state index contributed by atoms with van der Waals surface area (Å²) in [5.41, 5.74) is 1.29. The molecule has 0 spiro atoms. The molecule has 0 bridgehead atoms. The van der Waals surface area contributed by atoms with Gasteiger partial charge in [-0.25, -0.2) is 14.5 Å². The van der Waals surface area contributed by atoms with Crippen molar-refractivity contribution in [1.82, 2.24) is 9.80 Å². The zero-order valence-electron chi connectivity index (χ0n) is 15.7. The Kier molecular flexibility index (Phi) is 5.43. The van der Waals surface area contributed by atoms with Crippen molar-refractivity contribution < 1.29 is 28.7 Å². The van der Waals surface area contributed by atoms with E-state index >= 15 is 0 Å². The maximum absolute atomic E-state index is 12.5. The van der Waals surface area contributed by atoms with Crippen molar-refractivity contribution in [2.75, 3.05) is 19.0 Å². The molecule has 1 aromatic carbocycles. The fraction of sp³-hybridized carbons (Fsp3) is 0.421. The molecule has 0 atom stereocenters. The average molecular weight is 387 g/mol. The van der Waals surface area contributed by atoms with Crippen LogP contribution in [-0.4, -0.2) is 59.2 Å². The van der Waals surface area contributed by atoms with Crippen LogP contribution in [0.2, 0.25) is 0 Å². The van der Waals surface area contributed by atoms with Crippen LogP contribution in [0.25, 0.3) is 0 Å². The highest BCUT2D eigenvalue weighted by Gasteiger charge is 2.48. The number of hydrogen-bond acceptors (Lipinski definition) is 6. The molecule has 1 heterocycles. The lowest BCUT2D eigenvalue weighted by molar-refractivity contribution is -0.144. The third-order valence-electron chi connectivity index (χ3n) is 5.01. The topological polar surface area (TPSA) is 113 Å². The minimum absolute atomic E-state index is 0.249. The third-order valence-corrected chi connectivity index (χ3v) is 5.01. The monoisotopic (exact) mass is 387 g/mol. The van der Waals surface area contributed by atoms with Crippen LogP contribution in [0.1, 0.15) is 41.6 Å². The highest BCUT2D eigenvalue weighted by atomic mass is 16.5. The number of carbonyl (C=O) groups excluding carboxylic acids is 5. The Labute approximate surface area is 161 Å². The Hall–Kier alpha value is -3.23. The van der Waals surface area contributed by atoms with Gasteiger partial charge in [0.1, 0.15) is 6.54 Å². The summed E-state index contributed by atoms with van der Waals surface area (Å²) in [6.45, 7) is 1.16. The number of imide groups is 2. The molecule has 0 aromatic heterocycles. The second-order valence-corrected chi connectivity index (χ2v) is 6.86. The fourth-order valence-corrected chi connectivity index (χ4v) is 3.48. The van der Waals surface area contributed by atoms with Crippen molar-refractivity contribution >= 4 is 35.4 Å². The molecule has 3 rings (SSSR count). The van der Waals surface area contributed by atoms with Crippen LogP contribution in [0.15, 0.2) is 18.2 Å². The van der Waals surface area contributed by atoms with Gasteiger partial charge in [0.2, 0.25) is 5.91 Å². The molecule has 2 fully saturated rings. The molecular formula is C19H21N3O6. The molecule has 1 N–H and O–H groups in total. The van der Waals surface area contributed by atoms with Gasteiger partial charge in [-0.15, -0.1) is 0 Å². The molecule has 9 nitrogen and oxygen atoms in total. The van der Waals surface area contributed by atoms with Crippen molar-refractivity contribution in [3.05, 3.63) is 29.3 Å². The quantitative estimate of drug-likeness (QED) is 0.465. The normalized spacial score (nSPS) is 17.4. The summed E-state index contributed by atoms with van der Waals surface area (Å²) in [7, 11) is 1.25. The minimum Gasteiger partial charge on any atom is -0.465 e. The Morgan fingerprint density at radius 1 is 1.14 bits per heavy atom. The van der Waals surface area contributed by atoms with E-state index in [4.69, 9.17) is 0 Å². The second kappa shape index (κ2) is 7.79. The van der Waals surface area contributed by atoms with E-state index in [1.54, 1.807) is 19.1 Å². The first-order valence-corrected chi connectivity index (χ1v) is 9.01. The van der Waals surface area contributed by atoms with E-state index in [0.717, 1.165) is 17.7 Å². The summed E-state index contributed by atoms with van der Waals surface area (Å²) in [5, 5.41) is 2.57. The van der Waals surface area contributed by atoms with Crippen LogP contribution in [-0.2, 0) is 19.1 Å². The number of carbonyl (C=O) groups is 5. The van der Waals surface area contributed by atoms with Gasteiger partial charge >= 0.3 is 23.8 Å². The van der Waals surface area contributed by atoms with Crippen molar-refractivity contribution in [3.8, 4) is 0 Å². The maximum Gasteiger partial charge on any atom is 0.337 e. The number of urea groups is 1. The molecule has 5 amide bonds. The minimum atomic E-state index is -0.993. The van der Waals surface area contributed by atoms with E-state index in [9.17, 15) is 24.0 Å². The molecule has 1 aromatic rings. The Bertz CT molecular complexity index is 859. The van der Waals surface area contributed by atoms with Crippen LogP contribution < -0.4 is 5.32 Å². The highest BCUT2D eigenvalue weighted by molar-refractivity contribution is 6.45. The van der Waals surface area contributed by atoms with Crippen LogP contribution in [0.3, 0.4) is 0 Å². The third kappa shape index (κ3) is 3.60. The molecule has 1 aliphatic carbocycles. The lowest BCUT2D eigenvalue weighted by atomic mass is 10.1. The number of esters is 1. The predicted molar refractivity (Wildman–Crippen MR) is 97.4 cm³/mol. The zero-order chi connectivity index (χ0) is 20.4. The molecule has 2 aliphatic rings. The molecule has 1 saturated carbocycles. The maximum atomic E-state index is 12.5. The molecule has 1 saturated heterocycles. The Balaban J connectivity index is 1.71. The number of aryl methyl sites for hydroxylation is 1. The van der Waals surface area contributed by atoms with Gasteiger partial charge in [-0.3, -0.25) is 19.3 Å². The van der Waals surface area contributed by atoms with Gasteiger partial charge in [-0.1, -0.05) is 18.9 Å². The molecule has 28 heavy (non-hydrogen) atoms. The number of anilines is 1. The van der Waals surface area contributed by atoms with E-state index in [2.05, 4.69) is 10.1 Å². The van der Waals surface area contributed by atoms with E-state index in [-0.39, 0.29) is 11.6 Å². The molecule has 148 valence electrons. The molecule has 1 aliphatic heterocycles. The number of nitrogens with one attached hydrogen (secondary N) is 1. The van der Waals surface area contributed by atoms with Crippen LogP contribution >= 0.6 is 0 Å². The lowest BCUT2D eigenvalue weighted by Gasteiger charge is -2.21. The van der Waals surface area contributed by atoms with Gasteiger partial charge < -0.3 is 10.1 Å². The number of nitrogens with zero attached hydrogens (tertiary/aromatic N) is 2. The van der Waals surface area contributed by atoms with E-state index in [1.165, 1.54) is 13.2 Å². The van der Waals surface area contributed by atoms with Crippen LogP contribution in [0.5, 0.6) is 0 Å². The molecule has 9 heteroatoms. The summed E-state index contributed by atoms with van der Waals surface area (Å²) in [6.07, 6.45) is 3.13. The number of methoxy groups -OCH3 is 1. The summed E-state index contributed by atoms with van der Waals surface area (Å²) in [5.74, 6) is -3.08. The number of hydrogen-bond donors (Lipinski definition) is 1. The van der Waals surface area contributed by atoms with Crippen molar-refractivity contribution in [2.24, 2.45) is 0 Å². The van der Waals surface area contributed by atoms with Gasteiger partial charge in [0, 0.05) is 11.7 Å². The second-order valence-electron chi connectivity index (χ2n) is 6.86. The zero-order valence-corrected chi connectivity index (χ0v) is 15.7. The Morgan fingerprint density at radius 2 is 1.82 bits per heavy atom. The van der Waals surface area contributed by atoms with Gasteiger partial charge in [-0.2, -0.15) is 0 Å². The number of benzene rings is 1. The Morgan fingerprint density at radius 3 is 2.46 bits per heavy atom. The van der Waals surface area contributed by atoms with E-state index in [1.807, 2.05) is 0 Å². The fourth-order valence-electron chi connectivity index (χ4n) is 3.48. The predicted octanol–water partition coefficient (Wildman–Crippen LogP) is 1.45. The lowest BCUT2D eigenvalue weighted by Crippen LogP contribution is -2.41. The van der Waals surface area contributed by atoms with Crippen molar-refractivity contribution in [3.63, 3.8) is 0 Å². The molecule has 0 radical (unpaired) electrons. The SMILES string of the molecule is COC(=O)c1ccc(C)c(NC(=O)CN2C(=O)C(=O)N(C3CCCC3)C2=O)c1. The van der Waals surface area contributed by atoms with Gasteiger partial charge in [0.05, 0.1) is 12.7 Å². The van der Waals surface area contributed by atoms with Gasteiger partial charge in [0.25, 0.3) is 0 Å². The van der Waals surface area contributed by atoms with Crippen molar-refractivity contribution in [1.29, 1.82) is 0 Å². The van der Waals surface area contributed by atoms with E-state index in [0.29, 0.717) is 29.0 Å². The first kappa shape index (κ1) is 19.5. The summed E-state index contributed by atoms with van der Waals surface area (Å²) >= 11 is 0. The first-order chi connectivity index (χ1) is 13.3. The summed E-state index contributed by atoms with van der Waals surface area (Å²) < 4.78 is 4.65. The highest BCUT2D eigenvalue weighted by Crippen LogP contribution is 2.27.